The van der Waals surface area contributed by atoms with E-state index in [0.717, 1.165) is 24.1 Å². The number of halogens is 1. The zero-order valence-corrected chi connectivity index (χ0v) is 11.4. The summed E-state index contributed by atoms with van der Waals surface area (Å²) in [4.78, 5) is 8.72. The molecule has 3 rings (SSSR count). The Balaban J connectivity index is 1.74. The van der Waals surface area contributed by atoms with E-state index in [9.17, 15) is 0 Å². The van der Waals surface area contributed by atoms with Gasteiger partial charge in [0.05, 0.1) is 17.6 Å². The Bertz CT molecular complexity index is 570. The Hall–Kier alpha value is -1.39. The molecule has 0 bridgehead atoms. The quantitative estimate of drug-likeness (QED) is 0.937. The van der Waals surface area contributed by atoms with Crippen LogP contribution in [0.25, 0.3) is 11.0 Å². The second-order valence-corrected chi connectivity index (χ2v) is 5.19. The van der Waals surface area contributed by atoms with Crippen LogP contribution in [0.3, 0.4) is 0 Å². The number of ether oxygens (including phenoxy) is 1. The Labute approximate surface area is 117 Å². The number of benzene rings is 1. The Morgan fingerprint density at radius 2 is 2.05 bits per heavy atom. The fourth-order valence-corrected chi connectivity index (χ4v) is 2.51. The van der Waals surface area contributed by atoms with Crippen LogP contribution in [0, 0.1) is 5.92 Å². The highest BCUT2D eigenvalue weighted by Gasteiger charge is 2.15. The fourth-order valence-electron chi connectivity index (χ4n) is 2.32. The van der Waals surface area contributed by atoms with E-state index in [1.807, 2.05) is 24.3 Å². The molecule has 0 spiro atoms. The van der Waals surface area contributed by atoms with Gasteiger partial charge < -0.3 is 10.1 Å². The van der Waals surface area contributed by atoms with E-state index in [0.29, 0.717) is 23.6 Å². The van der Waals surface area contributed by atoms with Crippen LogP contribution in [0.4, 0.5) is 0 Å². The SMILES string of the molecule is Clc1nc2ccccc2nc1OCC1CCCNC1. The van der Waals surface area contributed by atoms with Crippen molar-refractivity contribution in [3.63, 3.8) is 0 Å². The maximum Gasteiger partial charge on any atom is 0.252 e. The Morgan fingerprint density at radius 3 is 2.79 bits per heavy atom. The lowest BCUT2D eigenvalue weighted by Crippen LogP contribution is -2.33. The van der Waals surface area contributed by atoms with Gasteiger partial charge in [-0.1, -0.05) is 23.7 Å². The second kappa shape index (κ2) is 5.72. The van der Waals surface area contributed by atoms with Gasteiger partial charge in [-0.15, -0.1) is 0 Å². The molecule has 0 saturated carbocycles. The lowest BCUT2D eigenvalue weighted by atomic mass is 10.0. The zero-order chi connectivity index (χ0) is 13.1. The molecule has 1 aliphatic rings. The molecule has 1 saturated heterocycles. The van der Waals surface area contributed by atoms with Crippen molar-refractivity contribution < 1.29 is 4.74 Å². The normalized spacial score (nSPS) is 19.5. The minimum Gasteiger partial charge on any atom is -0.475 e. The number of fused-ring (bicyclic) bond motifs is 1. The summed E-state index contributed by atoms with van der Waals surface area (Å²) >= 11 is 6.11. The highest BCUT2D eigenvalue weighted by atomic mass is 35.5. The van der Waals surface area contributed by atoms with Crippen LogP contribution in [-0.4, -0.2) is 29.7 Å². The summed E-state index contributed by atoms with van der Waals surface area (Å²) in [6.07, 6.45) is 2.39. The van der Waals surface area contributed by atoms with Crippen LogP contribution in [0.1, 0.15) is 12.8 Å². The third-order valence-corrected chi connectivity index (χ3v) is 3.60. The molecule has 1 fully saturated rings. The average molecular weight is 278 g/mol. The van der Waals surface area contributed by atoms with E-state index in [4.69, 9.17) is 16.3 Å². The van der Waals surface area contributed by atoms with Gasteiger partial charge in [0.15, 0.2) is 5.15 Å². The molecule has 1 aromatic carbocycles. The number of hydrogen-bond acceptors (Lipinski definition) is 4. The predicted octanol–water partition coefficient (Wildman–Crippen LogP) is 2.66. The standard InChI is InChI=1S/C14H16ClN3O/c15-13-14(19-9-10-4-3-7-16-8-10)18-12-6-2-1-5-11(12)17-13/h1-2,5-6,10,16H,3-4,7-9H2. The number of para-hydroxylation sites is 2. The molecule has 100 valence electrons. The zero-order valence-electron chi connectivity index (χ0n) is 10.6. The van der Waals surface area contributed by atoms with Gasteiger partial charge in [-0.25, -0.2) is 9.97 Å². The third-order valence-electron chi connectivity index (χ3n) is 3.35. The number of hydrogen-bond donors (Lipinski definition) is 1. The molecule has 1 aromatic heterocycles. The highest BCUT2D eigenvalue weighted by Crippen LogP contribution is 2.24. The van der Waals surface area contributed by atoms with Crippen LogP contribution < -0.4 is 10.1 Å². The van der Waals surface area contributed by atoms with Gasteiger partial charge in [-0.3, -0.25) is 0 Å². The van der Waals surface area contributed by atoms with Gasteiger partial charge in [-0.2, -0.15) is 0 Å². The van der Waals surface area contributed by atoms with Crippen LogP contribution in [0.15, 0.2) is 24.3 Å². The first-order valence-corrected chi connectivity index (χ1v) is 6.96. The number of aromatic nitrogens is 2. The number of nitrogens with one attached hydrogen (secondary N) is 1. The first-order valence-electron chi connectivity index (χ1n) is 6.59. The average Bonchev–Trinajstić information content (AvgIpc) is 2.46. The molecule has 1 unspecified atom stereocenters. The van der Waals surface area contributed by atoms with Gasteiger partial charge in [0.1, 0.15) is 0 Å². The fraction of sp³-hybridized carbons (Fsp3) is 0.429. The van der Waals surface area contributed by atoms with E-state index >= 15 is 0 Å². The van der Waals surface area contributed by atoms with E-state index < -0.39 is 0 Å². The van der Waals surface area contributed by atoms with Gasteiger partial charge in [0.25, 0.3) is 5.88 Å². The van der Waals surface area contributed by atoms with E-state index in [2.05, 4.69) is 15.3 Å². The lowest BCUT2D eigenvalue weighted by Gasteiger charge is -2.22. The van der Waals surface area contributed by atoms with Gasteiger partial charge >= 0.3 is 0 Å². The largest absolute Gasteiger partial charge is 0.475 e. The van der Waals surface area contributed by atoms with Crippen molar-refractivity contribution in [2.24, 2.45) is 5.92 Å². The maximum absolute atomic E-state index is 6.11. The second-order valence-electron chi connectivity index (χ2n) is 4.83. The summed E-state index contributed by atoms with van der Waals surface area (Å²) < 4.78 is 5.74. The summed E-state index contributed by atoms with van der Waals surface area (Å²) in [5.41, 5.74) is 1.60. The number of piperidine rings is 1. The summed E-state index contributed by atoms with van der Waals surface area (Å²) in [6, 6.07) is 7.65. The molecule has 0 amide bonds. The van der Waals surface area contributed by atoms with Gasteiger partial charge in [0, 0.05) is 12.5 Å². The molecule has 2 aromatic rings. The van der Waals surface area contributed by atoms with Crippen molar-refractivity contribution in [3.8, 4) is 5.88 Å². The molecule has 2 heterocycles. The Morgan fingerprint density at radius 1 is 1.26 bits per heavy atom. The first kappa shape index (κ1) is 12.6. The van der Waals surface area contributed by atoms with E-state index in [-0.39, 0.29) is 0 Å². The molecule has 0 radical (unpaired) electrons. The summed E-state index contributed by atoms with van der Waals surface area (Å²) in [5, 5.41) is 3.70. The van der Waals surface area contributed by atoms with Crippen LogP contribution >= 0.6 is 11.6 Å². The molecule has 1 aliphatic heterocycles. The Kier molecular flexibility index (Phi) is 3.80. The smallest absolute Gasteiger partial charge is 0.252 e. The highest BCUT2D eigenvalue weighted by molar-refractivity contribution is 6.31. The lowest BCUT2D eigenvalue weighted by molar-refractivity contribution is 0.212. The van der Waals surface area contributed by atoms with Crippen molar-refractivity contribution in [2.75, 3.05) is 19.7 Å². The number of rotatable bonds is 3. The van der Waals surface area contributed by atoms with Crippen LogP contribution in [-0.2, 0) is 0 Å². The molecule has 19 heavy (non-hydrogen) atoms. The molecule has 1 atom stereocenters. The van der Waals surface area contributed by atoms with E-state index in [1.165, 1.54) is 12.8 Å². The summed E-state index contributed by atoms with van der Waals surface area (Å²) in [5.74, 6) is 0.962. The minimum atomic E-state index is 0.336. The van der Waals surface area contributed by atoms with Gasteiger partial charge in [-0.05, 0) is 31.5 Å². The predicted molar refractivity (Wildman–Crippen MR) is 75.6 cm³/mol. The van der Waals surface area contributed by atoms with Crippen LogP contribution in [0.2, 0.25) is 5.15 Å². The maximum atomic E-state index is 6.11. The van der Waals surface area contributed by atoms with Crippen molar-refractivity contribution in [1.82, 2.24) is 15.3 Å². The minimum absolute atomic E-state index is 0.336. The van der Waals surface area contributed by atoms with Crippen molar-refractivity contribution in [2.45, 2.75) is 12.8 Å². The summed E-state index contributed by atoms with van der Waals surface area (Å²) in [6.45, 7) is 2.74. The first-order chi connectivity index (χ1) is 9.33. The third kappa shape index (κ3) is 2.96. The van der Waals surface area contributed by atoms with Crippen LogP contribution in [0.5, 0.6) is 5.88 Å². The topological polar surface area (TPSA) is 47.0 Å². The number of nitrogens with zero attached hydrogens (tertiary/aromatic N) is 2. The van der Waals surface area contributed by atoms with E-state index in [1.54, 1.807) is 0 Å². The monoisotopic (exact) mass is 277 g/mol. The molecule has 4 nitrogen and oxygen atoms in total. The summed E-state index contributed by atoms with van der Waals surface area (Å²) in [7, 11) is 0. The molecule has 1 N–H and O–H groups in total. The molecule has 5 heteroatoms. The van der Waals surface area contributed by atoms with Crippen molar-refractivity contribution >= 4 is 22.6 Å². The van der Waals surface area contributed by atoms with Gasteiger partial charge in [0.2, 0.25) is 0 Å². The molecular formula is C14H16ClN3O. The van der Waals surface area contributed by atoms with Crippen molar-refractivity contribution in [3.05, 3.63) is 29.4 Å². The molecular weight excluding hydrogens is 262 g/mol. The van der Waals surface area contributed by atoms with Crippen molar-refractivity contribution in [1.29, 1.82) is 0 Å². The molecule has 0 aliphatic carbocycles.